The Hall–Kier alpha value is -1.09. The van der Waals surface area contributed by atoms with Gasteiger partial charge in [0, 0.05) is 25.8 Å². The van der Waals surface area contributed by atoms with E-state index < -0.39 is 0 Å². The van der Waals surface area contributed by atoms with Crippen molar-refractivity contribution in [1.82, 2.24) is 5.32 Å². The van der Waals surface area contributed by atoms with Gasteiger partial charge in [0.1, 0.15) is 5.82 Å². The van der Waals surface area contributed by atoms with Gasteiger partial charge < -0.3 is 10.2 Å². The van der Waals surface area contributed by atoms with Crippen LogP contribution in [-0.2, 0) is 0 Å². The molecule has 0 aromatic heterocycles. The number of likely N-dealkylation sites (N-methyl/N-ethyl adjacent to an activating group) is 1. The number of hydrogen-bond donors (Lipinski definition) is 1. The molecule has 1 rings (SSSR count). The van der Waals surface area contributed by atoms with Crippen LogP contribution in [0, 0.1) is 11.7 Å². The molecule has 0 amide bonds. The summed E-state index contributed by atoms with van der Waals surface area (Å²) in [5.41, 5.74) is 1.05. The fourth-order valence-corrected chi connectivity index (χ4v) is 1.46. The van der Waals surface area contributed by atoms with Crippen molar-refractivity contribution >= 4 is 5.69 Å². The van der Waals surface area contributed by atoms with Gasteiger partial charge in [0.15, 0.2) is 0 Å². The summed E-state index contributed by atoms with van der Waals surface area (Å²) in [6.07, 6.45) is 0. The normalized spacial score (nSPS) is 10.8. The number of anilines is 1. The van der Waals surface area contributed by atoms with Crippen molar-refractivity contribution in [3.8, 4) is 0 Å². The molecule has 90 valence electrons. The van der Waals surface area contributed by atoms with E-state index in [9.17, 15) is 4.39 Å². The zero-order valence-corrected chi connectivity index (χ0v) is 10.3. The average molecular weight is 224 g/mol. The highest BCUT2D eigenvalue weighted by atomic mass is 19.1. The van der Waals surface area contributed by atoms with Gasteiger partial charge >= 0.3 is 0 Å². The molecule has 0 fully saturated rings. The second-order valence-corrected chi connectivity index (χ2v) is 4.50. The molecule has 1 aromatic carbocycles. The van der Waals surface area contributed by atoms with Crippen LogP contribution in [0.4, 0.5) is 10.1 Å². The standard InChI is InChI=1S/C13H21FN2/c1-11(2)10-15-8-9-16(3)13-6-4-12(14)5-7-13/h4-7,11,15H,8-10H2,1-3H3. The maximum Gasteiger partial charge on any atom is 0.123 e. The molecule has 0 aliphatic carbocycles. The number of benzene rings is 1. The van der Waals surface area contributed by atoms with Gasteiger partial charge in [-0.25, -0.2) is 4.39 Å². The van der Waals surface area contributed by atoms with Gasteiger partial charge in [0.2, 0.25) is 0 Å². The summed E-state index contributed by atoms with van der Waals surface area (Å²) < 4.78 is 12.7. The summed E-state index contributed by atoms with van der Waals surface area (Å²) in [6.45, 7) is 7.30. The van der Waals surface area contributed by atoms with Gasteiger partial charge in [-0.3, -0.25) is 0 Å². The second-order valence-electron chi connectivity index (χ2n) is 4.50. The van der Waals surface area contributed by atoms with Gasteiger partial charge in [0.25, 0.3) is 0 Å². The Labute approximate surface area is 97.5 Å². The van der Waals surface area contributed by atoms with Crippen molar-refractivity contribution < 1.29 is 4.39 Å². The molecule has 0 radical (unpaired) electrons. The average Bonchev–Trinajstić information content (AvgIpc) is 2.25. The topological polar surface area (TPSA) is 15.3 Å². The van der Waals surface area contributed by atoms with Crippen LogP contribution in [0.1, 0.15) is 13.8 Å². The van der Waals surface area contributed by atoms with Crippen LogP contribution < -0.4 is 10.2 Å². The molecule has 2 nitrogen and oxygen atoms in total. The van der Waals surface area contributed by atoms with Crippen molar-refractivity contribution in [3.63, 3.8) is 0 Å². The van der Waals surface area contributed by atoms with E-state index in [2.05, 4.69) is 24.1 Å². The van der Waals surface area contributed by atoms with Crippen LogP contribution in [0.15, 0.2) is 24.3 Å². The molecule has 16 heavy (non-hydrogen) atoms. The van der Waals surface area contributed by atoms with Crippen molar-refractivity contribution in [2.24, 2.45) is 5.92 Å². The van der Waals surface area contributed by atoms with Gasteiger partial charge in [-0.2, -0.15) is 0 Å². The van der Waals surface area contributed by atoms with Crippen LogP contribution in [0.2, 0.25) is 0 Å². The minimum absolute atomic E-state index is 0.185. The van der Waals surface area contributed by atoms with E-state index in [-0.39, 0.29) is 5.82 Å². The molecule has 0 unspecified atom stereocenters. The molecule has 0 aliphatic heterocycles. The van der Waals surface area contributed by atoms with Crippen LogP contribution in [0.25, 0.3) is 0 Å². The molecule has 0 saturated heterocycles. The third-order valence-corrected chi connectivity index (χ3v) is 2.44. The highest BCUT2D eigenvalue weighted by molar-refractivity contribution is 5.45. The van der Waals surface area contributed by atoms with Crippen LogP contribution >= 0.6 is 0 Å². The molecule has 0 heterocycles. The molecule has 0 atom stereocenters. The summed E-state index contributed by atoms with van der Waals surface area (Å²) in [5.74, 6) is 0.492. The van der Waals surface area contributed by atoms with E-state index >= 15 is 0 Å². The van der Waals surface area contributed by atoms with Gasteiger partial charge in [0.05, 0.1) is 0 Å². The second kappa shape index (κ2) is 6.48. The maximum atomic E-state index is 12.7. The van der Waals surface area contributed by atoms with E-state index in [1.54, 1.807) is 12.1 Å². The quantitative estimate of drug-likeness (QED) is 0.747. The lowest BCUT2D eigenvalue weighted by Crippen LogP contribution is -2.31. The molecule has 0 spiro atoms. The molecular formula is C13H21FN2. The fourth-order valence-electron chi connectivity index (χ4n) is 1.46. The Kier molecular flexibility index (Phi) is 5.26. The Bertz CT molecular complexity index is 295. The number of rotatable bonds is 6. The first-order chi connectivity index (χ1) is 7.59. The van der Waals surface area contributed by atoms with Crippen molar-refractivity contribution in [1.29, 1.82) is 0 Å². The number of hydrogen-bond acceptors (Lipinski definition) is 2. The number of nitrogens with zero attached hydrogens (tertiary/aromatic N) is 1. The smallest absolute Gasteiger partial charge is 0.123 e. The first-order valence-corrected chi connectivity index (χ1v) is 5.77. The molecule has 1 N–H and O–H groups in total. The minimum Gasteiger partial charge on any atom is -0.373 e. The van der Waals surface area contributed by atoms with Crippen LogP contribution in [-0.4, -0.2) is 26.7 Å². The molecular weight excluding hydrogens is 203 g/mol. The van der Waals surface area contributed by atoms with E-state index in [0.29, 0.717) is 5.92 Å². The predicted molar refractivity (Wildman–Crippen MR) is 67.4 cm³/mol. The minimum atomic E-state index is -0.185. The summed E-state index contributed by atoms with van der Waals surface area (Å²) in [6, 6.07) is 6.59. The van der Waals surface area contributed by atoms with Gasteiger partial charge in [-0.15, -0.1) is 0 Å². The van der Waals surface area contributed by atoms with Crippen molar-refractivity contribution in [2.45, 2.75) is 13.8 Å². The predicted octanol–water partition coefficient (Wildman–Crippen LogP) is 2.51. The maximum absolute atomic E-state index is 12.7. The first kappa shape index (κ1) is 13.0. The summed E-state index contributed by atoms with van der Waals surface area (Å²) in [4.78, 5) is 2.12. The van der Waals surface area contributed by atoms with Crippen LogP contribution in [0.5, 0.6) is 0 Å². The zero-order chi connectivity index (χ0) is 12.0. The number of halogens is 1. The Morgan fingerprint density at radius 3 is 2.44 bits per heavy atom. The highest BCUT2D eigenvalue weighted by Crippen LogP contribution is 2.12. The molecule has 1 aromatic rings. The Balaban J connectivity index is 2.29. The molecule has 0 saturated carbocycles. The van der Waals surface area contributed by atoms with Gasteiger partial charge in [-0.1, -0.05) is 13.8 Å². The lowest BCUT2D eigenvalue weighted by Gasteiger charge is -2.19. The van der Waals surface area contributed by atoms with Crippen LogP contribution in [0.3, 0.4) is 0 Å². The largest absolute Gasteiger partial charge is 0.373 e. The summed E-state index contributed by atoms with van der Waals surface area (Å²) >= 11 is 0. The van der Waals surface area contributed by atoms with Crippen molar-refractivity contribution in [2.75, 3.05) is 31.6 Å². The van der Waals surface area contributed by atoms with E-state index in [0.717, 1.165) is 25.3 Å². The molecule has 0 aliphatic rings. The first-order valence-electron chi connectivity index (χ1n) is 5.77. The van der Waals surface area contributed by atoms with E-state index in [1.165, 1.54) is 12.1 Å². The highest BCUT2D eigenvalue weighted by Gasteiger charge is 2.00. The van der Waals surface area contributed by atoms with Crippen molar-refractivity contribution in [3.05, 3.63) is 30.1 Å². The third-order valence-electron chi connectivity index (χ3n) is 2.44. The SMILES string of the molecule is CC(C)CNCCN(C)c1ccc(F)cc1. The number of nitrogens with one attached hydrogen (secondary N) is 1. The third kappa shape index (κ3) is 4.62. The Morgan fingerprint density at radius 2 is 1.88 bits per heavy atom. The lowest BCUT2D eigenvalue weighted by atomic mass is 10.2. The Morgan fingerprint density at radius 1 is 1.25 bits per heavy atom. The monoisotopic (exact) mass is 224 g/mol. The van der Waals surface area contributed by atoms with E-state index in [4.69, 9.17) is 0 Å². The van der Waals surface area contributed by atoms with E-state index in [1.807, 2.05) is 7.05 Å². The molecule has 3 heteroatoms. The molecule has 0 bridgehead atoms. The fraction of sp³-hybridized carbons (Fsp3) is 0.538. The van der Waals surface area contributed by atoms with Gasteiger partial charge in [-0.05, 0) is 36.7 Å². The lowest BCUT2D eigenvalue weighted by molar-refractivity contribution is 0.554. The zero-order valence-electron chi connectivity index (χ0n) is 10.3. The summed E-state index contributed by atoms with van der Waals surface area (Å²) in [7, 11) is 2.02. The summed E-state index contributed by atoms with van der Waals surface area (Å²) in [5, 5.41) is 3.38.